The van der Waals surface area contributed by atoms with Crippen molar-refractivity contribution >= 4 is 39.1 Å². The van der Waals surface area contributed by atoms with Gasteiger partial charge in [0.15, 0.2) is 0 Å². The molecule has 3 aromatic carbocycles. The van der Waals surface area contributed by atoms with Gasteiger partial charge in [-0.05, 0) is 53.9 Å². The minimum Gasteiger partial charge on any atom is -0.354 e. The van der Waals surface area contributed by atoms with Crippen LogP contribution in [0.1, 0.15) is 24.5 Å². The summed E-state index contributed by atoms with van der Waals surface area (Å²) in [6, 6.07) is 20.0. The van der Waals surface area contributed by atoms with E-state index in [4.69, 9.17) is 11.6 Å². The van der Waals surface area contributed by atoms with Gasteiger partial charge in [0.1, 0.15) is 18.4 Å². The molecule has 0 saturated heterocycles. The number of hydrogen-bond acceptors (Lipinski definition) is 4. The van der Waals surface area contributed by atoms with Crippen LogP contribution in [0.2, 0.25) is 5.02 Å². The number of carbonyl (C=O) groups excluding carboxylic acids is 2. The highest BCUT2D eigenvalue weighted by molar-refractivity contribution is 7.92. The smallest absolute Gasteiger partial charge is 0.244 e. The lowest BCUT2D eigenvalue weighted by Crippen LogP contribution is -2.53. The molecule has 7 nitrogen and oxygen atoms in total. The van der Waals surface area contributed by atoms with Gasteiger partial charge < -0.3 is 10.2 Å². The van der Waals surface area contributed by atoms with Gasteiger partial charge in [0.25, 0.3) is 0 Å². The summed E-state index contributed by atoms with van der Waals surface area (Å²) in [6.45, 7) is 1.79. The molecule has 0 radical (unpaired) electrons. The van der Waals surface area contributed by atoms with Crippen LogP contribution in [0.4, 0.5) is 10.1 Å². The van der Waals surface area contributed by atoms with Gasteiger partial charge in [-0.2, -0.15) is 0 Å². The van der Waals surface area contributed by atoms with E-state index in [1.165, 1.54) is 53.4 Å². The minimum atomic E-state index is -3.86. The minimum absolute atomic E-state index is 0.0195. The van der Waals surface area contributed by atoms with Gasteiger partial charge in [0.2, 0.25) is 21.8 Å². The fraction of sp³-hybridized carbons (Fsp3) is 0.286. The van der Waals surface area contributed by atoms with Crippen molar-refractivity contribution in [1.29, 1.82) is 0 Å². The Labute approximate surface area is 228 Å². The number of hydrogen-bond donors (Lipinski definition) is 1. The zero-order valence-corrected chi connectivity index (χ0v) is 22.9. The van der Waals surface area contributed by atoms with E-state index in [-0.39, 0.29) is 24.6 Å². The molecule has 1 N–H and O–H groups in total. The molecule has 3 aromatic rings. The molecule has 0 fully saturated rings. The van der Waals surface area contributed by atoms with Gasteiger partial charge >= 0.3 is 0 Å². The fourth-order valence-corrected chi connectivity index (χ4v) is 4.90. The predicted molar refractivity (Wildman–Crippen MR) is 148 cm³/mol. The van der Waals surface area contributed by atoms with Gasteiger partial charge in [-0.15, -0.1) is 0 Å². The maximum absolute atomic E-state index is 13.9. The van der Waals surface area contributed by atoms with Crippen molar-refractivity contribution in [3.63, 3.8) is 0 Å². The summed E-state index contributed by atoms with van der Waals surface area (Å²) in [4.78, 5) is 28.6. The Morgan fingerprint density at radius 2 is 1.58 bits per heavy atom. The number of rotatable bonds is 12. The van der Waals surface area contributed by atoms with E-state index in [0.717, 1.165) is 16.1 Å². The zero-order chi connectivity index (χ0) is 27.7. The van der Waals surface area contributed by atoms with E-state index in [9.17, 15) is 22.4 Å². The van der Waals surface area contributed by atoms with E-state index < -0.39 is 34.3 Å². The summed E-state index contributed by atoms with van der Waals surface area (Å²) in [6.07, 6.45) is 1.92. The number of nitrogens with zero attached hydrogens (tertiary/aromatic N) is 2. The molecule has 3 rings (SSSR count). The summed E-state index contributed by atoms with van der Waals surface area (Å²) in [7, 11) is -3.86. The van der Waals surface area contributed by atoms with Crippen LogP contribution in [0.25, 0.3) is 0 Å². The van der Waals surface area contributed by atoms with E-state index in [1.54, 1.807) is 0 Å². The van der Waals surface area contributed by atoms with Crippen LogP contribution < -0.4 is 9.62 Å². The molecular formula is C28H31ClFN3O4S. The van der Waals surface area contributed by atoms with Gasteiger partial charge in [-0.1, -0.05) is 61.0 Å². The first-order valence-electron chi connectivity index (χ1n) is 12.2. The molecular weight excluding hydrogens is 529 g/mol. The number of sulfonamides is 1. The summed E-state index contributed by atoms with van der Waals surface area (Å²) in [5.41, 5.74) is 1.69. The summed E-state index contributed by atoms with van der Waals surface area (Å²) in [5.74, 6) is -1.37. The Bertz CT molecular complexity index is 1320. The highest BCUT2D eigenvalue weighted by Gasteiger charge is 2.32. The molecule has 10 heteroatoms. The molecule has 2 amide bonds. The van der Waals surface area contributed by atoms with Crippen LogP contribution in [0.15, 0.2) is 78.9 Å². The van der Waals surface area contributed by atoms with Gasteiger partial charge in [0, 0.05) is 24.5 Å². The lowest BCUT2D eigenvalue weighted by atomic mass is 10.0. The topological polar surface area (TPSA) is 86.8 Å². The largest absolute Gasteiger partial charge is 0.354 e. The van der Waals surface area contributed by atoms with Gasteiger partial charge in [-0.25, -0.2) is 12.8 Å². The van der Waals surface area contributed by atoms with E-state index in [0.29, 0.717) is 23.6 Å². The van der Waals surface area contributed by atoms with Crippen LogP contribution >= 0.6 is 11.6 Å². The maximum Gasteiger partial charge on any atom is 0.244 e. The van der Waals surface area contributed by atoms with Crippen LogP contribution in [0.5, 0.6) is 0 Å². The standard InChI is InChI=1S/C28H31ClFN3O4S/c1-3-17-31-28(35)26(18-21-7-5-4-6-8-21)32(19-22-9-13-24(30)14-10-22)27(34)20-33(38(2,36)37)25-15-11-23(29)12-16-25/h4-16,26H,3,17-20H2,1-2H3,(H,31,35)/t26-/m0/s1. The van der Waals surface area contributed by atoms with Gasteiger partial charge in [0.05, 0.1) is 11.9 Å². The maximum atomic E-state index is 13.9. The molecule has 0 unspecified atom stereocenters. The number of carbonyl (C=O) groups is 2. The zero-order valence-electron chi connectivity index (χ0n) is 21.3. The predicted octanol–water partition coefficient (Wildman–Crippen LogP) is 4.41. The number of anilines is 1. The second kappa shape index (κ2) is 13.4. The number of benzene rings is 3. The van der Waals surface area contributed by atoms with Crippen LogP contribution in [-0.2, 0) is 32.6 Å². The molecule has 0 bridgehead atoms. The van der Waals surface area contributed by atoms with Crippen molar-refractivity contribution in [3.8, 4) is 0 Å². The Kier molecular flexibility index (Phi) is 10.3. The average molecular weight is 560 g/mol. The molecule has 0 aliphatic rings. The fourth-order valence-electron chi connectivity index (χ4n) is 3.93. The van der Waals surface area contributed by atoms with Crippen molar-refractivity contribution in [2.75, 3.05) is 23.7 Å². The number of halogens is 2. The second-order valence-electron chi connectivity index (χ2n) is 8.89. The Hall–Kier alpha value is -3.43. The van der Waals surface area contributed by atoms with Crippen molar-refractivity contribution in [2.24, 2.45) is 0 Å². The van der Waals surface area contributed by atoms with E-state index in [1.807, 2.05) is 37.3 Å². The lowest BCUT2D eigenvalue weighted by molar-refractivity contribution is -0.140. The third-order valence-electron chi connectivity index (χ3n) is 5.88. The summed E-state index contributed by atoms with van der Waals surface area (Å²) < 4.78 is 40.0. The SMILES string of the molecule is CCCNC(=O)[C@H](Cc1ccccc1)N(Cc1ccc(F)cc1)C(=O)CN(c1ccc(Cl)cc1)S(C)(=O)=O. The molecule has 0 heterocycles. The molecule has 0 aromatic heterocycles. The van der Waals surface area contributed by atoms with Crippen molar-refractivity contribution in [1.82, 2.24) is 10.2 Å². The molecule has 202 valence electrons. The Balaban J connectivity index is 2.02. The number of amides is 2. The molecule has 0 saturated carbocycles. The van der Waals surface area contributed by atoms with E-state index >= 15 is 0 Å². The van der Waals surface area contributed by atoms with Gasteiger partial charge in [-0.3, -0.25) is 13.9 Å². The third kappa shape index (κ3) is 8.29. The van der Waals surface area contributed by atoms with Crippen molar-refractivity contribution in [2.45, 2.75) is 32.4 Å². The van der Waals surface area contributed by atoms with Crippen LogP contribution in [0, 0.1) is 5.82 Å². The summed E-state index contributed by atoms with van der Waals surface area (Å²) in [5, 5.41) is 3.28. The molecule has 1 atom stereocenters. The van der Waals surface area contributed by atoms with E-state index in [2.05, 4.69) is 5.32 Å². The first-order valence-corrected chi connectivity index (χ1v) is 14.4. The van der Waals surface area contributed by atoms with Crippen LogP contribution in [0.3, 0.4) is 0 Å². The first-order chi connectivity index (χ1) is 18.1. The second-order valence-corrected chi connectivity index (χ2v) is 11.2. The van der Waals surface area contributed by atoms with Crippen LogP contribution in [-0.4, -0.2) is 50.5 Å². The van der Waals surface area contributed by atoms with Crippen molar-refractivity contribution in [3.05, 3.63) is 101 Å². The lowest BCUT2D eigenvalue weighted by Gasteiger charge is -2.33. The molecule has 0 aliphatic carbocycles. The summed E-state index contributed by atoms with van der Waals surface area (Å²) >= 11 is 5.97. The number of nitrogens with one attached hydrogen (secondary N) is 1. The highest BCUT2D eigenvalue weighted by atomic mass is 35.5. The quantitative estimate of drug-likeness (QED) is 0.356. The Morgan fingerprint density at radius 3 is 2.16 bits per heavy atom. The van der Waals surface area contributed by atoms with Crippen molar-refractivity contribution < 1.29 is 22.4 Å². The average Bonchev–Trinajstić information content (AvgIpc) is 2.89. The Morgan fingerprint density at radius 1 is 0.947 bits per heavy atom. The normalized spacial score (nSPS) is 12.0. The molecule has 0 aliphatic heterocycles. The molecule has 38 heavy (non-hydrogen) atoms. The third-order valence-corrected chi connectivity index (χ3v) is 7.27. The first kappa shape index (κ1) is 29.1. The molecule has 0 spiro atoms. The monoisotopic (exact) mass is 559 g/mol. The highest BCUT2D eigenvalue weighted by Crippen LogP contribution is 2.22.